The van der Waals surface area contributed by atoms with E-state index in [1.54, 1.807) is 4.90 Å². The lowest BCUT2D eigenvalue weighted by Gasteiger charge is -2.35. The monoisotopic (exact) mass is 481 g/mol. The Labute approximate surface area is 175 Å². The van der Waals surface area contributed by atoms with Gasteiger partial charge in [-0.05, 0) is 33.6 Å². The van der Waals surface area contributed by atoms with Gasteiger partial charge in [0.1, 0.15) is 5.60 Å². The molecule has 3 N–H and O–H groups in total. The zero-order valence-corrected chi connectivity index (χ0v) is 18.8. The van der Waals surface area contributed by atoms with Crippen LogP contribution in [0.1, 0.15) is 52.9 Å². The zero-order chi connectivity index (χ0) is 18.3. The normalized spacial score (nSPS) is 20.4. The molecule has 1 heterocycles. The molecule has 152 valence electrons. The molecule has 0 atom stereocenters. The third kappa shape index (κ3) is 8.75. The third-order valence-electron chi connectivity index (χ3n) is 4.68. The molecular weight excluding hydrogens is 445 g/mol. The first-order chi connectivity index (χ1) is 11.8. The van der Waals surface area contributed by atoms with Crippen molar-refractivity contribution < 1.29 is 9.53 Å². The molecule has 7 nitrogen and oxygen atoms in total. The minimum Gasteiger partial charge on any atom is -0.444 e. The summed E-state index contributed by atoms with van der Waals surface area (Å²) in [6.07, 6.45) is 6.08. The summed E-state index contributed by atoms with van der Waals surface area (Å²) in [6, 6.07) is 0.495. The molecule has 0 radical (unpaired) electrons. The van der Waals surface area contributed by atoms with Crippen LogP contribution in [0.2, 0.25) is 0 Å². The van der Waals surface area contributed by atoms with Gasteiger partial charge in [0.2, 0.25) is 0 Å². The summed E-state index contributed by atoms with van der Waals surface area (Å²) in [6.45, 7) is 10.4. The van der Waals surface area contributed by atoms with Crippen LogP contribution in [0, 0.1) is 0 Å². The van der Waals surface area contributed by atoms with Crippen molar-refractivity contribution in [3.8, 4) is 0 Å². The van der Waals surface area contributed by atoms with Crippen molar-refractivity contribution in [2.75, 3.05) is 39.3 Å². The molecule has 0 aromatic rings. The topological polar surface area (TPSA) is 83.2 Å². The van der Waals surface area contributed by atoms with E-state index in [0.29, 0.717) is 31.6 Å². The van der Waals surface area contributed by atoms with Crippen LogP contribution in [0.15, 0.2) is 4.99 Å². The first-order valence-electron chi connectivity index (χ1n) is 9.60. The molecule has 0 spiro atoms. The molecule has 1 aliphatic heterocycles. The Morgan fingerprint density at radius 3 is 2.35 bits per heavy atom. The van der Waals surface area contributed by atoms with Gasteiger partial charge in [-0.15, -0.1) is 24.0 Å². The predicted octanol–water partition coefficient (Wildman–Crippen LogP) is 2.39. The Bertz CT molecular complexity index is 453. The van der Waals surface area contributed by atoms with Crippen LogP contribution in [0.4, 0.5) is 4.79 Å². The Hall–Kier alpha value is -0.770. The quantitative estimate of drug-likeness (QED) is 0.366. The lowest BCUT2D eigenvalue weighted by atomic mass is 9.96. The number of hydrogen-bond donors (Lipinski definition) is 2. The van der Waals surface area contributed by atoms with Gasteiger partial charge in [0.15, 0.2) is 5.96 Å². The second kappa shape index (κ2) is 11.2. The molecule has 1 saturated carbocycles. The van der Waals surface area contributed by atoms with E-state index in [0.717, 1.165) is 19.6 Å². The number of hydrogen-bond acceptors (Lipinski definition) is 4. The second-order valence-corrected chi connectivity index (χ2v) is 8.06. The molecule has 2 aliphatic rings. The average Bonchev–Trinajstić information content (AvgIpc) is 2.55. The molecule has 2 rings (SSSR count). The molecule has 1 amide bonds. The van der Waals surface area contributed by atoms with Crippen LogP contribution in [-0.2, 0) is 4.74 Å². The number of guanidine groups is 1. The van der Waals surface area contributed by atoms with Gasteiger partial charge < -0.3 is 20.7 Å². The third-order valence-corrected chi connectivity index (χ3v) is 4.68. The molecule has 1 saturated heterocycles. The number of nitrogens with two attached hydrogens (primary N) is 1. The van der Waals surface area contributed by atoms with E-state index in [9.17, 15) is 4.79 Å². The molecule has 0 unspecified atom stereocenters. The maximum atomic E-state index is 12.1. The molecule has 1 aliphatic carbocycles. The Kier molecular flexibility index (Phi) is 9.99. The summed E-state index contributed by atoms with van der Waals surface area (Å²) in [4.78, 5) is 20.6. The van der Waals surface area contributed by atoms with Crippen LogP contribution in [-0.4, -0.2) is 72.8 Å². The van der Waals surface area contributed by atoms with E-state index >= 15 is 0 Å². The highest BCUT2D eigenvalue weighted by Gasteiger charge is 2.25. The number of aliphatic imine (C=N–C) groups is 1. The smallest absolute Gasteiger partial charge is 0.410 e. The molecular formula is C18H36IN5O2. The fourth-order valence-electron chi connectivity index (χ4n) is 3.29. The molecule has 26 heavy (non-hydrogen) atoms. The van der Waals surface area contributed by atoms with Gasteiger partial charge in [-0.3, -0.25) is 9.89 Å². The van der Waals surface area contributed by atoms with Gasteiger partial charge in [0.05, 0.1) is 6.54 Å². The molecule has 2 fully saturated rings. The molecule has 0 bridgehead atoms. The van der Waals surface area contributed by atoms with Crippen LogP contribution in [0.25, 0.3) is 0 Å². The van der Waals surface area contributed by atoms with Gasteiger partial charge >= 0.3 is 6.09 Å². The van der Waals surface area contributed by atoms with E-state index < -0.39 is 5.60 Å². The van der Waals surface area contributed by atoms with E-state index in [4.69, 9.17) is 10.5 Å². The maximum absolute atomic E-state index is 12.1. The Morgan fingerprint density at radius 1 is 1.15 bits per heavy atom. The number of rotatable bonds is 4. The van der Waals surface area contributed by atoms with Crippen molar-refractivity contribution in [2.45, 2.75) is 64.5 Å². The fourth-order valence-corrected chi connectivity index (χ4v) is 3.29. The van der Waals surface area contributed by atoms with Crippen LogP contribution >= 0.6 is 24.0 Å². The fraction of sp³-hybridized carbons (Fsp3) is 0.889. The molecule has 8 heteroatoms. The van der Waals surface area contributed by atoms with Gasteiger partial charge in [-0.25, -0.2) is 4.79 Å². The average molecular weight is 481 g/mol. The first-order valence-corrected chi connectivity index (χ1v) is 9.60. The van der Waals surface area contributed by atoms with Gasteiger partial charge in [-0.2, -0.15) is 0 Å². The SMILES string of the molecule is CC(C)(C)OC(=O)N1CCN(CCN=C(N)NC2CCCCC2)CC1.I. The van der Waals surface area contributed by atoms with Crippen molar-refractivity contribution >= 4 is 36.0 Å². The minimum atomic E-state index is -0.439. The van der Waals surface area contributed by atoms with Crippen molar-refractivity contribution in [1.29, 1.82) is 0 Å². The minimum absolute atomic E-state index is 0. The number of halogens is 1. The van der Waals surface area contributed by atoms with Gasteiger partial charge in [0, 0.05) is 38.8 Å². The van der Waals surface area contributed by atoms with E-state index in [1.165, 1.54) is 32.1 Å². The highest BCUT2D eigenvalue weighted by atomic mass is 127. The van der Waals surface area contributed by atoms with Crippen molar-refractivity contribution in [1.82, 2.24) is 15.1 Å². The summed E-state index contributed by atoms with van der Waals surface area (Å²) in [7, 11) is 0. The predicted molar refractivity (Wildman–Crippen MR) is 116 cm³/mol. The standard InChI is InChI=1S/C18H35N5O2.HI/c1-18(2,3)25-17(24)23-13-11-22(12-14-23)10-9-20-16(19)21-15-7-5-4-6-8-15;/h15H,4-14H2,1-3H3,(H3,19,20,21);1H. The largest absolute Gasteiger partial charge is 0.444 e. The number of carbonyl (C=O) groups excluding carboxylic acids is 1. The van der Waals surface area contributed by atoms with E-state index in [1.807, 2.05) is 20.8 Å². The second-order valence-electron chi connectivity index (χ2n) is 8.06. The summed E-state index contributed by atoms with van der Waals surface area (Å²) >= 11 is 0. The summed E-state index contributed by atoms with van der Waals surface area (Å²) in [5.74, 6) is 0.569. The first kappa shape index (κ1) is 23.3. The number of nitrogens with one attached hydrogen (secondary N) is 1. The summed E-state index contributed by atoms with van der Waals surface area (Å²) in [5.41, 5.74) is 5.55. The molecule has 0 aromatic carbocycles. The number of piperazine rings is 1. The lowest BCUT2D eigenvalue weighted by molar-refractivity contribution is 0.0148. The van der Waals surface area contributed by atoms with Crippen LogP contribution in [0.5, 0.6) is 0 Å². The number of nitrogens with zero attached hydrogens (tertiary/aromatic N) is 3. The number of carbonyl (C=O) groups is 1. The molecule has 0 aromatic heterocycles. The highest BCUT2D eigenvalue weighted by Crippen LogP contribution is 2.17. The van der Waals surface area contributed by atoms with Gasteiger partial charge in [0.25, 0.3) is 0 Å². The highest BCUT2D eigenvalue weighted by molar-refractivity contribution is 14.0. The van der Waals surface area contributed by atoms with E-state index in [2.05, 4.69) is 15.2 Å². The van der Waals surface area contributed by atoms with Gasteiger partial charge in [-0.1, -0.05) is 19.3 Å². The maximum Gasteiger partial charge on any atom is 0.410 e. The number of ether oxygens (including phenoxy) is 1. The van der Waals surface area contributed by atoms with Crippen molar-refractivity contribution in [3.63, 3.8) is 0 Å². The number of amides is 1. The lowest BCUT2D eigenvalue weighted by Crippen LogP contribution is -2.50. The summed E-state index contributed by atoms with van der Waals surface area (Å²) < 4.78 is 5.42. The summed E-state index contributed by atoms with van der Waals surface area (Å²) in [5, 5.41) is 3.34. The Morgan fingerprint density at radius 2 is 1.77 bits per heavy atom. The van der Waals surface area contributed by atoms with Crippen LogP contribution < -0.4 is 11.1 Å². The van der Waals surface area contributed by atoms with Crippen molar-refractivity contribution in [2.24, 2.45) is 10.7 Å². The van der Waals surface area contributed by atoms with E-state index in [-0.39, 0.29) is 30.1 Å². The van der Waals surface area contributed by atoms with Crippen molar-refractivity contribution in [3.05, 3.63) is 0 Å². The Balaban J connectivity index is 0.00000338. The zero-order valence-electron chi connectivity index (χ0n) is 16.5. The van der Waals surface area contributed by atoms with Crippen LogP contribution in [0.3, 0.4) is 0 Å².